The fraction of sp³-hybridized carbons (Fsp3) is 0.500. The highest BCUT2D eigenvalue weighted by molar-refractivity contribution is 5.25. The molecule has 2 atom stereocenters. The molecule has 4 nitrogen and oxygen atoms in total. The van der Waals surface area contributed by atoms with Crippen LogP contribution in [0.1, 0.15) is 38.0 Å². The van der Waals surface area contributed by atoms with Gasteiger partial charge < -0.3 is 5.11 Å². The van der Waals surface area contributed by atoms with Crippen molar-refractivity contribution in [3.8, 4) is 0 Å². The summed E-state index contributed by atoms with van der Waals surface area (Å²) in [4.78, 5) is 3.91. The second-order valence-electron chi connectivity index (χ2n) is 6.56. The molecule has 0 saturated heterocycles. The third-order valence-corrected chi connectivity index (χ3v) is 3.82. The summed E-state index contributed by atoms with van der Waals surface area (Å²) in [6.07, 6.45) is 2.17. The number of aliphatic hydroxyl groups excluding tert-OH is 1. The largest absolute Gasteiger partial charge is 0.388 e. The standard InChI is InChI=1S/C16H22FN3O/c1-11-5-6-12(14(17)7-11)15(21)13(16(2,3)4)8-20-10-18-9-19-20/h5-7,9-10,13,15,21H,8H2,1-4H3. The highest BCUT2D eigenvalue weighted by Crippen LogP contribution is 2.38. The van der Waals surface area contributed by atoms with E-state index >= 15 is 0 Å². The van der Waals surface area contributed by atoms with Gasteiger partial charge in [0.05, 0.1) is 6.10 Å². The van der Waals surface area contributed by atoms with E-state index in [4.69, 9.17) is 0 Å². The molecule has 0 amide bonds. The van der Waals surface area contributed by atoms with Crippen molar-refractivity contribution in [2.45, 2.75) is 40.3 Å². The van der Waals surface area contributed by atoms with Crippen LogP contribution in [0.3, 0.4) is 0 Å². The van der Waals surface area contributed by atoms with Crippen molar-refractivity contribution in [3.63, 3.8) is 0 Å². The highest BCUT2D eigenvalue weighted by atomic mass is 19.1. The van der Waals surface area contributed by atoms with E-state index in [1.54, 1.807) is 17.1 Å². The number of rotatable bonds is 4. The quantitative estimate of drug-likeness (QED) is 0.941. The SMILES string of the molecule is Cc1ccc(C(O)C(Cn2cncn2)C(C)(C)C)c(F)c1. The van der Waals surface area contributed by atoms with E-state index in [-0.39, 0.29) is 17.2 Å². The molecular weight excluding hydrogens is 269 g/mol. The third kappa shape index (κ3) is 3.67. The van der Waals surface area contributed by atoms with Gasteiger partial charge in [0.25, 0.3) is 0 Å². The Morgan fingerprint density at radius 3 is 2.57 bits per heavy atom. The van der Waals surface area contributed by atoms with E-state index < -0.39 is 6.10 Å². The zero-order valence-electron chi connectivity index (χ0n) is 12.9. The smallest absolute Gasteiger partial charge is 0.137 e. The van der Waals surface area contributed by atoms with Crippen molar-refractivity contribution in [1.29, 1.82) is 0 Å². The summed E-state index contributed by atoms with van der Waals surface area (Å²) in [5, 5.41) is 14.8. The zero-order valence-corrected chi connectivity index (χ0v) is 12.9. The molecule has 0 aliphatic heterocycles. The molecule has 1 heterocycles. The molecule has 1 aromatic carbocycles. The van der Waals surface area contributed by atoms with Gasteiger partial charge in [0.1, 0.15) is 18.5 Å². The van der Waals surface area contributed by atoms with Gasteiger partial charge in [0.2, 0.25) is 0 Å². The summed E-state index contributed by atoms with van der Waals surface area (Å²) >= 11 is 0. The molecule has 0 aliphatic carbocycles. The first-order valence-electron chi connectivity index (χ1n) is 7.05. The molecule has 1 N–H and O–H groups in total. The first-order chi connectivity index (χ1) is 9.79. The Labute approximate surface area is 124 Å². The van der Waals surface area contributed by atoms with Crippen LogP contribution in [0.5, 0.6) is 0 Å². The molecule has 2 aromatic rings. The molecule has 1 aromatic heterocycles. The number of nitrogens with zero attached hydrogens (tertiary/aromatic N) is 3. The van der Waals surface area contributed by atoms with Gasteiger partial charge in [-0.15, -0.1) is 0 Å². The van der Waals surface area contributed by atoms with Crippen LogP contribution in [-0.2, 0) is 6.54 Å². The van der Waals surface area contributed by atoms with E-state index in [0.29, 0.717) is 12.1 Å². The van der Waals surface area contributed by atoms with E-state index in [1.807, 2.05) is 33.8 Å². The van der Waals surface area contributed by atoms with Crippen molar-refractivity contribution in [2.24, 2.45) is 11.3 Å². The lowest BCUT2D eigenvalue weighted by Crippen LogP contribution is -2.31. The van der Waals surface area contributed by atoms with E-state index in [1.165, 1.54) is 12.4 Å². The second kappa shape index (κ2) is 5.93. The highest BCUT2D eigenvalue weighted by Gasteiger charge is 2.34. The van der Waals surface area contributed by atoms with Gasteiger partial charge in [0, 0.05) is 18.0 Å². The third-order valence-electron chi connectivity index (χ3n) is 3.82. The maximum Gasteiger partial charge on any atom is 0.137 e. The number of aliphatic hydroxyl groups is 1. The van der Waals surface area contributed by atoms with Gasteiger partial charge in [-0.2, -0.15) is 5.10 Å². The number of hydrogen-bond acceptors (Lipinski definition) is 3. The average molecular weight is 291 g/mol. The minimum Gasteiger partial charge on any atom is -0.388 e. The van der Waals surface area contributed by atoms with Crippen molar-refractivity contribution in [2.75, 3.05) is 0 Å². The van der Waals surface area contributed by atoms with Gasteiger partial charge in [-0.05, 0) is 24.0 Å². The molecule has 2 unspecified atom stereocenters. The Morgan fingerprint density at radius 1 is 1.33 bits per heavy atom. The maximum absolute atomic E-state index is 14.1. The molecule has 5 heteroatoms. The normalized spacial score (nSPS) is 15.0. The van der Waals surface area contributed by atoms with Crippen molar-refractivity contribution in [1.82, 2.24) is 14.8 Å². The second-order valence-corrected chi connectivity index (χ2v) is 6.56. The molecule has 0 aliphatic rings. The van der Waals surface area contributed by atoms with E-state index in [9.17, 15) is 9.50 Å². The zero-order chi connectivity index (χ0) is 15.6. The average Bonchev–Trinajstić information content (AvgIpc) is 2.86. The lowest BCUT2D eigenvalue weighted by molar-refractivity contribution is 0.0258. The van der Waals surface area contributed by atoms with Crippen LogP contribution in [0.25, 0.3) is 0 Å². The number of aromatic nitrogens is 3. The minimum atomic E-state index is -0.894. The summed E-state index contributed by atoms with van der Waals surface area (Å²) in [6, 6.07) is 4.93. The topological polar surface area (TPSA) is 50.9 Å². The van der Waals surface area contributed by atoms with Gasteiger partial charge in [-0.1, -0.05) is 32.9 Å². The molecule has 0 bridgehead atoms. The fourth-order valence-electron chi connectivity index (χ4n) is 2.46. The van der Waals surface area contributed by atoms with Gasteiger partial charge in [0.15, 0.2) is 0 Å². The number of hydrogen-bond donors (Lipinski definition) is 1. The molecule has 0 saturated carbocycles. The van der Waals surface area contributed by atoms with Crippen LogP contribution >= 0.6 is 0 Å². The summed E-state index contributed by atoms with van der Waals surface area (Å²) in [6.45, 7) is 8.41. The van der Waals surface area contributed by atoms with Gasteiger partial charge in [-0.3, -0.25) is 4.68 Å². The maximum atomic E-state index is 14.1. The van der Waals surface area contributed by atoms with Crippen LogP contribution in [0.2, 0.25) is 0 Å². The molecule has 0 spiro atoms. The van der Waals surface area contributed by atoms with E-state index in [0.717, 1.165) is 5.56 Å². The minimum absolute atomic E-state index is 0.184. The van der Waals surface area contributed by atoms with Crippen molar-refractivity contribution >= 4 is 0 Å². The van der Waals surface area contributed by atoms with Crippen molar-refractivity contribution in [3.05, 3.63) is 47.8 Å². The molecule has 2 rings (SSSR count). The first kappa shape index (κ1) is 15.6. The Kier molecular flexibility index (Phi) is 4.42. The van der Waals surface area contributed by atoms with Gasteiger partial charge >= 0.3 is 0 Å². The van der Waals surface area contributed by atoms with E-state index in [2.05, 4.69) is 10.1 Å². The van der Waals surface area contributed by atoms with Crippen LogP contribution in [0, 0.1) is 24.1 Å². The summed E-state index contributed by atoms with van der Waals surface area (Å²) in [7, 11) is 0. The van der Waals surface area contributed by atoms with Crippen LogP contribution in [0.15, 0.2) is 30.9 Å². The lowest BCUT2D eigenvalue weighted by Gasteiger charge is -2.34. The summed E-state index contributed by atoms with van der Waals surface area (Å²) in [5.41, 5.74) is 0.968. The van der Waals surface area contributed by atoms with Crippen molar-refractivity contribution < 1.29 is 9.50 Å². The molecular formula is C16H22FN3O. The Balaban J connectivity index is 2.31. The monoisotopic (exact) mass is 291 g/mol. The Hall–Kier alpha value is -1.75. The predicted molar refractivity (Wildman–Crippen MR) is 79.1 cm³/mol. The van der Waals surface area contributed by atoms with Crippen LogP contribution < -0.4 is 0 Å². The van der Waals surface area contributed by atoms with Gasteiger partial charge in [-0.25, -0.2) is 9.37 Å². The van der Waals surface area contributed by atoms with Crippen LogP contribution in [0.4, 0.5) is 4.39 Å². The summed E-state index contributed by atoms with van der Waals surface area (Å²) in [5.74, 6) is -0.549. The Morgan fingerprint density at radius 2 is 2.05 bits per heavy atom. The van der Waals surface area contributed by atoms with Crippen LogP contribution in [-0.4, -0.2) is 19.9 Å². The number of aryl methyl sites for hydroxylation is 1. The molecule has 0 radical (unpaired) electrons. The molecule has 21 heavy (non-hydrogen) atoms. The predicted octanol–water partition coefficient (Wildman–Crippen LogP) is 3.12. The number of halogens is 1. The fourth-order valence-corrected chi connectivity index (χ4v) is 2.46. The lowest BCUT2D eigenvalue weighted by atomic mass is 9.75. The first-order valence-corrected chi connectivity index (χ1v) is 7.05. The number of benzene rings is 1. The Bertz CT molecular complexity index is 590. The molecule has 114 valence electrons. The summed E-state index contributed by atoms with van der Waals surface area (Å²) < 4.78 is 15.8. The molecule has 0 fully saturated rings.